The molecule has 0 aliphatic carbocycles. The van der Waals surface area contributed by atoms with Gasteiger partial charge in [-0.3, -0.25) is 0 Å². The second-order valence-electron chi connectivity index (χ2n) is 7.73. The molecule has 2 aromatic carbocycles. The number of aromatic nitrogens is 1. The van der Waals surface area contributed by atoms with E-state index in [0.717, 1.165) is 29.0 Å². The van der Waals surface area contributed by atoms with Gasteiger partial charge in [0.05, 0.1) is 5.69 Å². The van der Waals surface area contributed by atoms with Crippen molar-refractivity contribution in [3.05, 3.63) is 83.3 Å². The van der Waals surface area contributed by atoms with Crippen LogP contribution in [-0.4, -0.2) is 4.98 Å². The SMILES string of the molecule is C=C(c1ccc(C)c(C)c1)C(C)(C)Cc1nc(-c2ccccc2)oc1C. The van der Waals surface area contributed by atoms with Crippen molar-refractivity contribution in [2.24, 2.45) is 5.41 Å². The number of rotatable bonds is 5. The number of allylic oxidation sites excluding steroid dienone is 1. The minimum atomic E-state index is -0.114. The van der Waals surface area contributed by atoms with Gasteiger partial charge in [0, 0.05) is 12.0 Å². The Kier molecular flexibility index (Phi) is 4.86. The predicted octanol–water partition coefficient (Wildman–Crippen LogP) is 6.55. The van der Waals surface area contributed by atoms with Crippen LogP contribution in [0, 0.1) is 26.2 Å². The molecule has 1 heterocycles. The molecule has 0 amide bonds. The molecule has 0 aliphatic heterocycles. The topological polar surface area (TPSA) is 26.0 Å². The maximum absolute atomic E-state index is 5.93. The van der Waals surface area contributed by atoms with Crippen LogP contribution in [-0.2, 0) is 6.42 Å². The molecule has 134 valence electrons. The van der Waals surface area contributed by atoms with E-state index < -0.39 is 0 Å². The zero-order valence-corrected chi connectivity index (χ0v) is 16.4. The van der Waals surface area contributed by atoms with E-state index >= 15 is 0 Å². The monoisotopic (exact) mass is 345 g/mol. The molecule has 2 heteroatoms. The normalized spacial score (nSPS) is 11.6. The van der Waals surface area contributed by atoms with Crippen LogP contribution < -0.4 is 0 Å². The summed E-state index contributed by atoms with van der Waals surface area (Å²) < 4.78 is 5.93. The maximum atomic E-state index is 5.93. The van der Waals surface area contributed by atoms with E-state index in [2.05, 4.69) is 52.5 Å². The molecule has 0 saturated heterocycles. The molecule has 0 fully saturated rings. The first-order chi connectivity index (χ1) is 12.3. The van der Waals surface area contributed by atoms with Crippen LogP contribution in [0.3, 0.4) is 0 Å². The third kappa shape index (κ3) is 3.65. The van der Waals surface area contributed by atoms with Gasteiger partial charge in [0.2, 0.25) is 5.89 Å². The summed E-state index contributed by atoms with van der Waals surface area (Å²) >= 11 is 0. The number of oxazole rings is 1. The third-order valence-corrected chi connectivity index (χ3v) is 5.20. The molecule has 0 spiro atoms. The molecule has 0 radical (unpaired) electrons. The fourth-order valence-electron chi connectivity index (χ4n) is 3.14. The largest absolute Gasteiger partial charge is 0.441 e. The van der Waals surface area contributed by atoms with E-state index in [-0.39, 0.29) is 5.41 Å². The number of hydrogen-bond donors (Lipinski definition) is 0. The Morgan fingerprint density at radius 1 is 1.00 bits per heavy atom. The highest BCUT2D eigenvalue weighted by Crippen LogP contribution is 2.38. The molecule has 0 bridgehead atoms. The highest BCUT2D eigenvalue weighted by molar-refractivity contribution is 5.69. The van der Waals surface area contributed by atoms with E-state index in [4.69, 9.17) is 9.40 Å². The minimum absolute atomic E-state index is 0.114. The predicted molar refractivity (Wildman–Crippen MR) is 109 cm³/mol. The molecule has 3 aromatic rings. The van der Waals surface area contributed by atoms with Crippen molar-refractivity contribution in [3.63, 3.8) is 0 Å². The number of hydrogen-bond acceptors (Lipinski definition) is 2. The summed E-state index contributed by atoms with van der Waals surface area (Å²) in [4.78, 5) is 4.77. The molecule has 0 atom stereocenters. The van der Waals surface area contributed by atoms with Crippen molar-refractivity contribution in [2.75, 3.05) is 0 Å². The van der Waals surface area contributed by atoms with Gasteiger partial charge >= 0.3 is 0 Å². The molecule has 26 heavy (non-hydrogen) atoms. The zero-order chi connectivity index (χ0) is 18.9. The third-order valence-electron chi connectivity index (χ3n) is 5.20. The maximum Gasteiger partial charge on any atom is 0.226 e. The summed E-state index contributed by atoms with van der Waals surface area (Å²) in [6.45, 7) is 15.1. The van der Waals surface area contributed by atoms with Crippen LogP contribution in [0.2, 0.25) is 0 Å². The van der Waals surface area contributed by atoms with E-state index in [1.807, 2.05) is 37.3 Å². The minimum Gasteiger partial charge on any atom is -0.441 e. The summed E-state index contributed by atoms with van der Waals surface area (Å²) in [5, 5.41) is 0. The van der Waals surface area contributed by atoms with Gasteiger partial charge in [0.25, 0.3) is 0 Å². The van der Waals surface area contributed by atoms with Crippen LogP contribution in [0.1, 0.15) is 42.0 Å². The summed E-state index contributed by atoms with van der Waals surface area (Å²) in [5.74, 6) is 1.57. The van der Waals surface area contributed by atoms with Crippen molar-refractivity contribution < 1.29 is 4.42 Å². The fraction of sp³-hybridized carbons (Fsp3) is 0.292. The van der Waals surface area contributed by atoms with Gasteiger partial charge in [0.1, 0.15) is 5.76 Å². The van der Waals surface area contributed by atoms with Crippen molar-refractivity contribution >= 4 is 5.57 Å². The fourth-order valence-corrected chi connectivity index (χ4v) is 3.14. The van der Waals surface area contributed by atoms with Gasteiger partial charge in [-0.15, -0.1) is 0 Å². The molecule has 0 saturated carbocycles. The number of aryl methyl sites for hydroxylation is 3. The van der Waals surface area contributed by atoms with Gasteiger partial charge in [-0.05, 0) is 60.6 Å². The van der Waals surface area contributed by atoms with Crippen molar-refractivity contribution in [1.29, 1.82) is 0 Å². The Balaban J connectivity index is 1.86. The highest BCUT2D eigenvalue weighted by atomic mass is 16.4. The summed E-state index contributed by atoms with van der Waals surface area (Å²) in [5.41, 5.74) is 6.82. The summed E-state index contributed by atoms with van der Waals surface area (Å²) in [6.07, 6.45) is 0.793. The van der Waals surface area contributed by atoms with Gasteiger partial charge in [-0.25, -0.2) is 4.98 Å². The van der Waals surface area contributed by atoms with Gasteiger partial charge < -0.3 is 4.42 Å². The van der Waals surface area contributed by atoms with Crippen LogP contribution in [0.4, 0.5) is 0 Å². The number of benzene rings is 2. The molecule has 1 aromatic heterocycles. The molecule has 3 rings (SSSR count). The van der Waals surface area contributed by atoms with Crippen LogP contribution in [0.5, 0.6) is 0 Å². The Morgan fingerprint density at radius 2 is 1.69 bits per heavy atom. The van der Waals surface area contributed by atoms with E-state index in [0.29, 0.717) is 5.89 Å². The Morgan fingerprint density at radius 3 is 2.35 bits per heavy atom. The lowest BCUT2D eigenvalue weighted by Gasteiger charge is -2.27. The van der Waals surface area contributed by atoms with Gasteiger partial charge in [-0.1, -0.05) is 56.8 Å². The summed E-state index contributed by atoms with van der Waals surface area (Å²) in [6, 6.07) is 16.6. The molecular weight excluding hydrogens is 318 g/mol. The van der Waals surface area contributed by atoms with Crippen molar-refractivity contribution in [1.82, 2.24) is 4.98 Å². The quantitative estimate of drug-likeness (QED) is 0.524. The highest BCUT2D eigenvalue weighted by Gasteiger charge is 2.27. The Hall–Kier alpha value is -2.61. The lowest BCUT2D eigenvalue weighted by molar-refractivity contribution is 0.482. The first kappa shape index (κ1) is 18.2. The Bertz CT molecular complexity index is 932. The second kappa shape index (κ2) is 6.95. The van der Waals surface area contributed by atoms with Crippen molar-refractivity contribution in [2.45, 2.75) is 41.0 Å². The van der Waals surface area contributed by atoms with Crippen LogP contribution in [0.15, 0.2) is 59.5 Å². The summed E-state index contributed by atoms with van der Waals surface area (Å²) in [7, 11) is 0. The first-order valence-electron chi connectivity index (χ1n) is 9.06. The zero-order valence-electron chi connectivity index (χ0n) is 16.4. The molecule has 2 nitrogen and oxygen atoms in total. The lowest BCUT2D eigenvalue weighted by atomic mass is 9.77. The smallest absolute Gasteiger partial charge is 0.226 e. The molecule has 0 aliphatic rings. The van der Waals surface area contributed by atoms with Gasteiger partial charge in [0.15, 0.2) is 0 Å². The van der Waals surface area contributed by atoms with E-state index in [1.165, 1.54) is 16.7 Å². The molecule has 0 unspecified atom stereocenters. The average molecular weight is 345 g/mol. The second-order valence-corrected chi connectivity index (χ2v) is 7.73. The van der Waals surface area contributed by atoms with E-state index in [1.54, 1.807) is 0 Å². The van der Waals surface area contributed by atoms with E-state index in [9.17, 15) is 0 Å². The van der Waals surface area contributed by atoms with Crippen LogP contribution in [0.25, 0.3) is 17.0 Å². The van der Waals surface area contributed by atoms with Gasteiger partial charge in [-0.2, -0.15) is 0 Å². The molecular formula is C24H27NO. The van der Waals surface area contributed by atoms with Crippen molar-refractivity contribution in [3.8, 4) is 11.5 Å². The average Bonchev–Trinajstić information content (AvgIpc) is 2.97. The lowest BCUT2D eigenvalue weighted by Crippen LogP contribution is -2.17. The first-order valence-corrected chi connectivity index (χ1v) is 9.06. The Labute approximate surface area is 156 Å². The number of nitrogens with zero attached hydrogens (tertiary/aromatic N) is 1. The van der Waals surface area contributed by atoms with Crippen LogP contribution >= 0.6 is 0 Å². The standard InChI is InChI=1S/C24H27NO/c1-16-12-13-21(14-17(16)2)18(3)24(5,6)15-22-19(4)26-23(25-22)20-10-8-7-9-11-20/h7-14H,3,15H2,1-2,4-6H3. The molecule has 0 N–H and O–H groups in total.